The van der Waals surface area contributed by atoms with Gasteiger partial charge in [0.05, 0.1) is 12.6 Å². The minimum atomic E-state index is -0.0338. The number of hydrogen-bond acceptors (Lipinski definition) is 4. The summed E-state index contributed by atoms with van der Waals surface area (Å²) in [4.78, 5) is 8.43. The lowest BCUT2D eigenvalue weighted by atomic mass is 10.0. The van der Waals surface area contributed by atoms with Crippen molar-refractivity contribution < 1.29 is 4.74 Å². The van der Waals surface area contributed by atoms with Crippen molar-refractivity contribution in [1.29, 1.82) is 0 Å². The molecule has 0 atom stereocenters. The fraction of sp³-hybridized carbons (Fsp3) is 0.636. The van der Waals surface area contributed by atoms with Gasteiger partial charge in [-0.05, 0) is 12.8 Å². The van der Waals surface area contributed by atoms with Gasteiger partial charge < -0.3 is 10.1 Å². The van der Waals surface area contributed by atoms with Crippen molar-refractivity contribution in [2.45, 2.75) is 31.2 Å². The molecule has 88 valence electrons. The highest BCUT2D eigenvalue weighted by atomic mass is 35.5. The number of halogens is 1. The highest BCUT2D eigenvalue weighted by Crippen LogP contribution is 2.33. The maximum Gasteiger partial charge on any atom is 0.226 e. The van der Waals surface area contributed by atoms with Crippen molar-refractivity contribution in [3.05, 3.63) is 12.3 Å². The standard InChI is InChI=1S/C11H16ClN3O/c1-16-9-4-7-13-10(14-9)15-11(8-12)5-2-3-6-11/h4,7H,2-3,5-6,8H2,1H3,(H,13,14,15). The molecule has 2 rings (SSSR count). The van der Waals surface area contributed by atoms with Crippen LogP contribution in [0.25, 0.3) is 0 Å². The average Bonchev–Trinajstić information content (AvgIpc) is 2.78. The van der Waals surface area contributed by atoms with Gasteiger partial charge in [0, 0.05) is 18.1 Å². The number of nitrogens with one attached hydrogen (secondary N) is 1. The van der Waals surface area contributed by atoms with E-state index in [2.05, 4.69) is 15.3 Å². The molecule has 0 spiro atoms. The van der Waals surface area contributed by atoms with Gasteiger partial charge in [-0.25, -0.2) is 4.98 Å². The van der Waals surface area contributed by atoms with Gasteiger partial charge in [0.15, 0.2) is 0 Å². The summed E-state index contributed by atoms with van der Waals surface area (Å²) in [6, 6.07) is 1.73. The predicted molar refractivity (Wildman–Crippen MR) is 64.1 cm³/mol. The smallest absolute Gasteiger partial charge is 0.226 e. The van der Waals surface area contributed by atoms with Crippen LogP contribution in [0.3, 0.4) is 0 Å². The summed E-state index contributed by atoms with van der Waals surface area (Å²) in [6.07, 6.45) is 6.27. The molecule has 1 saturated carbocycles. The van der Waals surface area contributed by atoms with E-state index in [9.17, 15) is 0 Å². The first-order valence-electron chi connectivity index (χ1n) is 5.49. The van der Waals surface area contributed by atoms with Crippen LogP contribution in [0.15, 0.2) is 12.3 Å². The molecule has 1 N–H and O–H groups in total. The predicted octanol–water partition coefficient (Wildman–Crippen LogP) is 2.45. The van der Waals surface area contributed by atoms with Gasteiger partial charge in [-0.2, -0.15) is 4.98 Å². The molecule has 0 aliphatic heterocycles. The number of anilines is 1. The maximum absolute atomic E-state index is 6.04. The molecule has 0 saturated heterocycles. The van der Waals surface area contributed by atoms with Crippen molar-refractivity contribution in [1.82, 2.24) is 9.97 Å². The summed E-state index contributed by atoms with van der Waals surface area (Å²) < 4.78 is 5.06. The number of alkyl halides is 1. The van der Waals surface area contributed by atoms with E-state index in [1.807, 2.05) is 0 Å². The second kappa shape index (κ2) is 4.87. The molecule has 0 aromatic carbocycles. The molecule has 1 aromatic rings. The van der Waals surface area contributed by atoms with Crippen molar-refractivity contribution in [2.24, 2.45) is 0 Å². The SMILES string of the molecule is COc1ccnc(NC2(CCl)CCCC2)n1. The zero-order chi connectivity index (χ0) is 11.4. The topological polar surface area (TPSA) is 47.0 Å². The Bertz CT molecular complexity index is 353. The first-order valence-corrected chi connectivity index (χ1v) is 6.03. The molecule has 1 aliphatic rings. The third kappa shape index (κ3) is 2.38. The van der Waals surface area contributed by atoms with Crippen molar-refractivity contribution >= 4 is 17.5 Å². The summed E-state index contributed by atoms with van der Waals surface area (Å²) >= 11 is 6.04. The third-order valence-corrected chi connectivity index (χ3v) is 3.54. The van der Waals surface area contributed by atoms with E-state index in [1.54, 1.807) is 19.4 Å². The lowest BCUT2D eigenvalue weighted by Gasteiger charge is -2.27. The van der Waals surface area contributed by atoms with Gasteiger partial charge in [0.25, 0.3) is 0 Å². The number of nitrogens with zero attached hydrogens (tertiary/aromatic N) is 2. The summed E-state index contributed by atoms with van der Waals surface area (Å²) in [6.45, 7) is 0. The van der Waals surface area contributed by atoms with E-state index in [0.29, 0.717) is 17.7 Å². The number of methoxy groups -OCH3 is 1. The molecule has 1 heterocycles. The Morgan fingerprint density at radius 1 is 1.50 bits per heavy atom. The first-order chi connectivity index (χ1) is 7.78. The van der Waals surface area contributed by atoms with Crippen molar-refractivity contribution in [2.75, 3.05) is 18.3 Å². The molecule has 5 heteroatoms. The van der Waals surface area contributed by atoms with Crippen LogP contribution in [-0.4, -0.2) is 28.5 Å². The zero-order valence-electron chi connectivity index (χ0n) is 9.37. The molecule has 1 fully saturated rings. The molecule has 0 unspecified atom stereocenters. The summed E-state index contributed by atoms with van der Waals surface area (Å²) in [5.74, 6) is 1.76. The van der Waals surface area contributed by atoms with Crippen LogP contribution in [0.4, 0.5) is 5.95 Å². The van der Waals surface area contributed by atoms with Gasteiger partial charge in [-0.3, -0.25) is 0 Å². The quantitative estimate of drug-likeness (QED) is 0.823. The fourth-order valence-corrected chi connectivity index (χ4v) is 2.43. The molecule has 4 nitrogen and oxygen atoms in total. The van der Waals surface area contributed by atoms with E-state index >= 15 is 0 Å². The van der Waals surface area contributed by atoms with Gasteiger partial charge in [-0.15, -0.1) is 11.6 Å². The Morgan fingerprint density at radius 3 is 2.88 bits per heavy atom. The zero-order valence-corrected chi connectivity index (χ0v) is 10.1. The molecule has 0 radical (unpaired) electrons. The monoisotopic (exact) mass is 241 g/mol. The summed E-state index contributed by atoms with van der Waals surface area (Å²) in [7, 11) is 1.60. The Kier molecular flexibility index (Phi) is 3.49. The normalized spacial score (nSPS) is 18.4. The van der Waals surface area contributed by atoms with Crippen LogP contribution in [0.5, 0.6) is 5.88 Å². The van der Waals surface area contributed by atoms with E-state index in [1.165, 1.54) is 12.8 Å². The molecule has 0 bridgehead atoms. The minimum Gasteiger partial charge on any atom is -0.481 e. The van der Waals surface area contributed by atoms with E-state index in [0.717, 1.165) is 12.8 Å². The molecule has 1 aromatic heterocycles. The summed E-state index contributed by atoms with van der Waals surface area (Å²) in [5, 5.41) is 3.34. The van der Waals surface area contributed by atoms with Crippen molar-refractivity contribution in [3.63, 3.8) is 0 Å². The van der Waals surface area contributed by atoms with E-state index in [-0.39, 0.29) is 5.54 Å². The van der Waals surface area contributed by atoms with Crippen LogP contribution in [-0.2, 0) is 0 Å². The number of aromatic nitrogens is 2. The fourth-order valence-electron chi connectivity index (χ4n) is 2.10. The Morgan fingerprint density at radius 2 is 2.25 bits per heavy atom. The van der Waals surface area contributed by atoms with Crippen molar-refractivity contribution in [3.8, 4) is 5.88 Å². The van der Waals surface area contributed by atoms with Gasteiger partial charge in [-0.1, -0.05) is 12.8 Å². The Hall–Kier alpha value is -1.03. The Balaban J connectivity index is 2.12. The van der Waals surface area contributed by atoms with E-state index in [4.69, 9.17) is 16.3 Å². The molecule has 1 aliphatic carbocycles. The van der Waals surface area contributed by atoms with Gasteiger partial charge >= 0.3 is 0 Å². The number of ether oxygens (including phenoxy) is 1. The van der Waals surface area contributed by atoms with E-state index < -0.39 is 0 Å². The summed E-state index contributed by atoms with van der Waals surface area (Å²) in [5.41, 5.74) is -0.0338. The van der Waals surface area contributed by atoms with Gasteiger partial charge in [0.1, 0.15) is 0 Å². The molecule has 0 amide bonds. The molecular formula is C11H16ClN3O. The highest BCUT2D eigenvalue weighted by molar-refractivity contribution is 6.18. The first kappa shape index (κ1) is 11.5. The van der Waals surface area contributed by atoms with Crippen LogP contribution >= 0.6 is 11.6 Å². The van der Waals surface area contributed by atoms with Crippen LogP contribution in [0.2, 0.25) is 0 Å². The Labute approximate surface area is 100 Å². The average molecular weight is 242 g/mol. The number of hydrogen-bond donors (Lipinski definition) is 1. The molecule has 16 heavy (non-hydrogen) atoms. The highest BCUT2D eigenvalue weighted by Gasteiger charge is 2.33. The van der Waals surface area contributed by atoms with Crippen LogP contribution < -0.4 is 10.1 Å². The lowest BCUT2D eigenvalue weighted by Crippen LogP contribution is -2.37. The second-order valence-corrected chi connectivity index (χ2v) is 4.44. The lowest BCUT2D eigenvalue weighted by molar-refractivity contribution is 0.396. The minimum absolute atomic E-state index is 0.0338. The second-order valence-electron chi connectivity index (χ2n) is 4.17. The van der Waals surface area contributed by atoms with Gasteiger partial charge in [0.2, 0.25) is 11.8 Å². The largest absolute Gasteiger partial charge is 0.481 e. The van der Waals surface area contributed by atoms with Crippen LogP contribution in [0, 0.1) is 0 Å². The maximum atomic E-state index is 6.04. The molecular weight excluding hydrogens is 226 g/mol. The number of rotatable bonds is 4. The van der Waals surface area contributed by atoms with Crippen LogP contribution in [0.1, 0.15) is 25.7 Å². The third-order valence-electron chi connectivity index (χ3n) is 3.03.